The van der Waals surface area contributed by atoms with E-state index in [1.165, 1.54) is 12.1 Å². The lowest BCUT2D eigenvalue weighted by Crippen LogP contribution is -2.49. The smallest absolute Gasteiger partial charge is 0.270 e. The molecule has 0 radical (unpaired) electrons. The van der Waals surface area contributed by atoms with Crippen molar-refractivity contribution in [3.05, 3.63) is 41.1 Å². The zero-order chi connectivity index (χ0) is 25.8. The molecule has 1 saturated carbocycles. The van der Waals surface area contributed by atoms with Crippen molar-refractivity contribution in [2.45, 2.75) is 64.3 Å². The van der Waals surface area contributed by atoms with Crippen molar-refractivity contribution >= 4 is 17.5 Å². The highest BCUT2D eigenvalue weighted by Crippen LogP contribution is 2.26. The molecular weight excluding hydrogens is 470 g/mol. The van der Waals surface area contributed by atoms with Crippen molar-refractivity contribution in [1.29, 1.82) is 0 Å². The molecule has 8 nitrogen and oxygen atoms in total. The molecular formula is C26H34F2N4O4. The number of carbonyl (C=O) groups is 2. The zero-order valence-electron chi connectivity index (χ0n) is 20.8. The second-order valence-electron chi connectivity index (χ2n) is 9.73. The minimum Gasteiger partial charge on any atom is -0.487 e. The number of allylic oxidation sites excluding steroid dienone is 1. The summed E-state index contributed by atoms with van der Waals surface area (Å²) in [4.78, 5) is 33.8. The Kier molecular flexibility index (Phi) is 8.23. The summed E-state index contributed by atoms with van der Waals surface area (Å²) >= 11 is 0. The summed E-state index contributed by atoms with van der Waals surface area (Å²) < 4.78 is 38.6. The molecule has 2 amide bonds. The Morgan fingerprint density at radius 1 is 1.11 bits per heavy atom. The van der Waals surface area contributed by atoms with Gasteiger partial charge < -0.3 is 25.0 Å². The minimum absolute atomic E-state index is 0.0179. The van der Waals surface area contributed by atoms with Crippen LogP contribution in [0, 0.1) is 11.6 Å². The van der Waals surface area contributed by atoms with E-state index in [2.05, 4.69) is 4.99 Å². The van der Waals surface area contributed by atoms with Gasteiger partial charge in [-0.1, -0.05) is 6.07 Å². The highest BCUT2D eigenvalue weighted by molar-refractivity contribution is 6.09. The van der Waals surface area contributed by atoms with E-state index in [4.69, 9.17) is 15.2 Å². The first-order chi connectivity index (χ1) is 17.2. The largest absolute Gasteiger partial charge is 0.487 e. The lowest BCUT2D eigenvalue weighted by Gasteiger charge is -2.35. The lowest BCUT2D eigenvalue weighted by molar-refractivity contribution is -0.139. The molecule has 0 spiro atoms. The molecule has 2 unspecified atom stereocenters. The molecule has 4 rings (SSSR count). The SMILES string of the molecule is CC1CN(C(=O)/C(N)=C2\CCCC2=NCC(=O)N2CCC(Oc3cccc(F)c3F)CC2)CC(C)O1. The molecule has 196 valence electrons. The van der Waals surface area contributed by atoms with Crippen molar-refractivity contribution < 1.29 is 27.8 Å². The number of ether oxygens (including phenoxy) is 2. The number of piperidine rings is 1. The fourth-order valence-corrected chi connectivity index (χ4v) is 5.08. The summed E-state index contributed by atoms with van der Waals surface area (Å²) in [5.74, 6) is -2.38. The number of likely N-dealkylation sites (tertiary alicyclic amines) is 1. The highest BCUT2D eigenvalue weighted by Gasteiger charge is 2.30. The average molecular weight is 505 g/mol. The quantitative estimate of drug-likeness (QED) is 0.622. The third-order valence-electron chi connectivity index (χ3n) is 6.86. The van der Waals surface area contributed by atoms with Gasteiger partial charge in [-0.25, -0.2) is 4.39 Å². The van der Waals surface area contributed by atoms with Crippen LogP contribution in [-0.2, 0) is 14.3 Å². The third-order valence-corrected chi connectivity index (χ3v) is 6.86. The van der Waals surface area contributed by atoms with Crippen LogP contribution in [0.25, 0.3) is 0 Å². The highest BCUT2D eigenvalue weighted by atomic mass is 19.2. The van der Waals surface area contributed by atoms with Gasteiger partial charge in [-0.2, -0.15) is 4.39 Å². The topological polar surface area (TPSA) is 97.5 Å². The summed E-state index contributed by atoms with van der Waals surface area (Å²) in [6.45, 7) is 5.73. The molecule has 36 heavy (non-hydrogen) atoms. The van der Waals surface area contributed by atoms with Gasteiger partial charge >= 0.3 is 0 Å². The van der Waals surface area contributed by atoms with Crippen LogP contribution in [0.15, 0.2) is 34.5 Å². The number of rotatable bonds is 5. The van der Waals surface area contributed by atoms with Gasteiger partial charge in [-0.05, 0) is 45.2 Å². The maximum atomic E-state index is 13.9. The van der Waals surface area contributed by atoms with Gasteiger partial charge in [0.25, 0.3) is 5.91 Å². The molecule has 2 saturated heterocycles. The van der Waals surface area contributed by atoms with E-state index in [9.17, 15) is 18.4 Å². The number of amides is 2. The van der Waals surface area contributed by atoms with E-state index in [1.807, 2.05) is 13.8 Å². The van der Waals surface area contributed by atoms with E-state index in [0.717, 1.165) is 23.8 Å². The summed E-state index contributed by atoms with van der Waals surface area (Å²) in [5.41, 5.74) is 7.97. The van der Waals surface area contributed by atoms with Crippen LogP contribution >= 0.6 is 0 Å². The number of nitrogens with zero attached hydrogens (tertiary/aromatic N) is 3. The van der Waals surface area contributed by atoms with Gasteiger partial charge in [0.2, 0.25) is 11.7 Å². The summed E-state index contributed by atoms with van der Waals surface area (Å²) in [5, 5.41) is 0. The van der Waals surface area contributed by atoms with Gasteiger partial charge in [0, 0.05) is 50.3 Å². The van der Waals surface area contributed by atoms with Gasteiger partial charge in [0.05, 0.1) is 12.2 Å². The molecule has 2 aliphatic heterocycles. The third kappa shape index (κ3) is 6.03. The Hall–Kier alpha value is -3.01. The maximum Gasteiger partial charge on any atom is 0.270 e. The van der Waals surface area contributed by atoms with E-state index in [-0.39, 0.29) is 48.1 Å². The molecule has 0 aromatic heterocycles. The van der Waals surface area contributed by atoms with Crippen molar-refractivity contribution in [3.63, 3.8) is 0 Å². The zero-order valence-corrected chi connectivity index (χ0v) is 20.8. The Morgan fingerprint density at radius 2 is 1.81 bits per heavy atom. The second-order valence-corrected chi connectivity index (χ2v) is 9.73. The Morgan fingerprint density at radius 3 is 2.50 bits per heavy atom. The van der Waals surface area contributed by atoms with Crippen molar-refractivity contribution in [3.8, 4) is 5.75 Å². The number of nitrogens with two attached hydrogens (primary N) is 1. The van der Waals surface area contributed by atoms with Crippen molar-refractivity contribution in [1.82, 2.24) is 9.80 Å². The number of aliphatic imine (C=N–C) groups is 1. The molecule has 10 heteroatoms. The number of halogens is 2. The average Bonchev–Trinajstić information content (AvgIpc) is 3.33. The predicted octanol–water partition coefficient (Wildman–Crippen LogP) is 2.81. The number of hydrogen-bond donors (Lipinski definition) is 1. The summed E-state index contributed by atoms with van der Waals surface area (Å²) in [6, 6.07) is 3.85. The Balaban J connectivity index is 1.32. The van der Waals surface area contributed by atoms with Crippen LogP contribution in [0.3, 0.4) is 0 Å². The maximum absolute atomic E-state index is 13.9. The first-order valence-electron chi connectivity index (χ1n) is 12.6. The number of morpholine rings is 1. The fourth-order valence-electron chi connectivity index (χ4n) is 5.08. The molecule has 3 aliphatic rings. The molecule has 1 aliphatic carbocycles. The van der Waals surface area contributed by atoms with Gasteiger partial charge in [0.1, 0.15) is 18.3 Å². The minimum atomic E-state index is -0.998. The summed E-state index contributed by atoms with van der Waals surface area (Å²) in [7, 11) is 0. The first-order valence-corrected chi connectivity index (χ1v) is 12.6. The molecule has 0 bridgehead atoms. The Labute approximate surface area is 210 Å². The van der Waals surface area contributed by atoms with Gasteiger partial charge in [-0.15, -0.1) is 0 Å². The Bertz CT molecular complexity index is 1040. The van der Waals surface area contributed by atoms with E-state index in [0.29, 0.717) is 51.9 Å². The van der Waals surface area contributed by atoms with Crippen LogP contribution in [0.4, 0.5) is 8.78 Å². The van der Waals surface area contributed by atoms with Crippen LogP contribution in [0.2, 0.25) is 0 Å². The number of carbonyl (C=O) groups excluding carboxylic acids is 2. The van der Waals surface area contributed by atoms with Crippen molar-refractivity contribution in [2.24, 2.45) is 10.7 Å². The van der Waals surface area contributed by atoms with E-state index >= 15 is 0 Å². The molecule has 2 atom stereocenters. The molecule has 2 heterocycles. The first kappa shape index (κ1) is 26.1. The molecule has 2 N–H and O–H groups in total. The van der Waals surface area contributed by atoms with Crippen LogP contribution in [0.1, 0.15) is 46.0 Å². The van der Waals surface area contributed by atoms with Crippen molar-refractivity contribution in [2.75, 3.05) is 32.7 Å². The lowest BCUT2D eigenvalue weighted by atomic mass is 10.1. The second kappa shape index (κ2) is 11.4. The van der Waals surface area contributed by atoms with Crippen LogP contribution in [0.5, 0.6) is 5.75 Å². The molecule has 3 fully saturated rings. The fraction of sp³-hybridized carbons (Fsp3) is 0.577. The standard InChI is InChI=1S/C26H34F2N4O4/c1-16-14-32(15-17(2)35-16)26(34)25(29)19-5-3-7-21(19)30-13-23(33)31-11-9-18(10-12-31)36-22-8-4-6-20(27)24(22)28/h4,6,8,16-18H,3,5,7,9-15,29H2,1-2H3/b25-19-,30-21?. The van der Waals surface area contributed by atoms with E-state index in [1.54, 1.807) is 9.80 Å². The van der Waals surface area contributed by atoms with Crippen LogP contribution in [-0.4, -0.2) is 78.4 Å². The number of benzene rings is 1. The monoisotopic (exact) mass is 504 g/mol. The molecule has 1 aromatic rings. The predicted molar refractivity (Wildman–Crippen MR) is 131 cm³/mol. The number of hydrogen-bond acceptors (Lipinski definition) is 6. The van der Waals surface area contributed by atoms with Crippen LogP contribution < -0.4 is 10.5 Å². The normalized spacial score (nSPS) is 25.8. The van der Waals surface area contributed by atoms with Gasteiger partial charge in [0.15, 0.2) is 11.6 Å². The summed E-state index contributed by atoms with van der Waals surface area (Å²) in [6.07, 6.45) is 2.83. The van der Waals surface area contributed by atoms with Gasteiger partial charge in [-0.3, -0.25) is 14.6 Å². The van der Waals surface area contributed by atoms with E-state index < -0.39 is 11.6 Å². The molecule has 1 aromatic carbocycles.